The third kappa shape index (κ3) is 5.96. The number of anilines is 2. The molecule has 0 saturated carbocycles. The lowest BCUT2D eigenvalue weighted by molar-refractivity contribution is -0.137. The van der Waals surface area contributed by atoms with E-state index >= 15 is 0 Å². The summed E-state index contributed by atoms with van der Waals surface area (Å²) >= 11 is 9.79. The number of hydrazone groups is 1. The largest absolute Gasteiger partial charge is 0.490 e. The van der Waals surface area contributed by atoms with E-state index < -0.39 is 36.2 Å². The quantitative estimate of drug-likeness (QED) is 0.406. The van der Waals surface area contributed by atoms with Crippen LogP contribution in [0.1, 0.15) is 26.7 Å². The number of piperidine rings is 1. The Hall–Kier alpha value is -2.73. The van der Waals surface area contributed by atoms with Crippen molar-refractivity contribution in [3.05, 3.63) is 40.0 Å². The molecule has 2 aliphatic rings. The zero-order valence-corrected chi connectivity index (χ0v) is 23.2. The van der Waals surface area contributed by atoms with Gasteiger partial charge in [-0.2, -0.15) is 18.3 Å². The van der Waals surface area contributed by atoms with Crippen molar-refractivity contribution in [2.45, 2.75) is 45.0 Å². The smallest absolute Gasteiger partial charge is 0.431 e. The van der Waals surface area contributed by atoms with Gasteiger partial charge in [-0.25, -0.2) is 4.98 Å². The van der Waals surface area contributed by atoms with Crippen LogP contribution in [0.15, 0.2) is 40.0 Å². The molecule has 1 aromatic heterocycles. The van der Waals surface area contributed by atoms with Crippen molar-refractivity contribution in [1.29, 1.82) is 0 Å². The first-order valence-electron chi connectivity index (χ1n) is 12.0. The number of hydrogen-bond donors (Lipinski definition) is 1. The van der Waals surface area contributed by atoms with Gasteiger partial charge in [0.25, 0.3) is 0 Å². The number of nitrogens with zero attached hydrogens (tertiary/aromatic N) is 4. The number of halogens is 5. The summed E-state index contributed by atoms with van der Waals surface area (Å²) in [5.41, 5.74) is 0.174. The highest BCUT2D eigenvalue weighted by molar-refractivity contribution is 9.10. The SMILES string of the molecule is COc1cc(N2CCC(Oc3ccc(N4N=C(C(F)(F)F)C(C)C4CC(=O)O)c(Br)c3)C(C)C2)c(Cl)cn1. The predicted molar refractivity (Wildman–Crippen MR) is 142 cm³/mol. The second kappa shape index (κ2) is 11.2. The molecule has 1 aromatic carbocycles. The normalized spacial score (nSPS) is 23.8. The maximum Gasteiger partial charge on any atom is 0.431 e. The molecule has 0 spiro atoms. The van der Waals surface area contributed by atoms with Gasteiger partial charge in [-0.3, -0.25) is 9.80 Å². The van der Waals surface area contributed by atoms with Gasteiger partial charge >= 0.3 is 12.1 Å². The van der Waals surface area contributed by atoms with Crippen LogP contribution in [0.25, 0.3) is 0 Å². The van der Waals surface area contributed by atoms with Crippen molar-refractivity contribution >= 4 is 50.6 Å². The van der Waals surface area contributed by atoms with Crippen molar-refractivity contribution in [2.24, 2.45) is 16.9 Å². The summed E-state index contributed by atoms with van der Waals surface area (Å²) in [5, 5.41) is 14.7. The topological polar surface area (TPSA) is 87.5 Å². The molecular weight excluding hydrogens is 593 g/mol. The minimum absolute atomic E-state index is 0.104. The molecule has 4 unspecified atom stereocenters. The summed E-state index contributed by atoms with van der Waals surface area (Å²) in [6.07, 6.45) is -2.97. The number of aliphatic carboxylic acids is 1. The number of carbonyl (C=O) groups is 1. The molecule has 38 heavy (non-hydrogen) atoms. The third-order valence-electron chi connectivity index (χ3n) is 6.85. The summed E-state index contributed by atoms with van der Waals surface area (Å²) in [6, 6.07) is 5.74. The summed E-state index contributed by atoms with van der Waals surface area (Å²) in [7, 11) is 1.55. The van der Waals surface area contributed by atoms with Crippen molar-refractivity contribution in [1.82, 2.24) is 4.98 Å². The standard InChI is InChI=1S/C25H27BrClF3N4O4/c1-13-12-33(20-9-22(37-3)31-11-17(20)27)7-6-21(13)38-15-4-5-18(16(26)8-15)34-19(10-23(35)36)14(2)24(32-34)25(28,29)30/h4-5,8-9,11,13-14,19,21H,6-7,10,12H2,1-3H3,(H,35,36). The molecular formula is C25H27BrClF3N4O4. The zero-order valence-electron chi connectivity index (χ0n) is 20.9. The van der Waals surface area contributed by atoms with Crippen molar-refractivity contribution in [3.63, 3.8) is 0 Å². The molecule has 1 fully saturated rings. The van der Waals surface area contributed by atoms with Crippen LogP contribution < -0.4 is 19.4 Å². The second-order valence-corrected chi connectivity index (χ2v) is 10.7. The minimum atomic E-state index is -4.66. The summed E-state index contributed by atoms with van der Waals surface area (Å²) < 4.78 is 52.5. The van der Waals surface area contributed by atoms with Gasteiger partial charge in [-0.15, -0.1) is 0 Å². The van der Waals surface area contributed by atoms with Crippen LogP contribution in [-0.4, -0.2) is 60.3 Å². The number of aromatic nitrogens is 1. The molecule has 2 aromatic rings. The van der Waals surface area contributed by atoms with Gasteiger partial charge in [-0.05, 0) is 34.1 Å². The first-order chi connectivity index (χ1) is 17.9. The van der Waals surface area contributed by atoms with Crippen molar-refractivity contribution in [3.8, 4) is 11.6 Å². The van der Waals surface area contributed by atoms with E-state index in [2.05, 4.69) is 37.8 Å². The maximum atomic E-state index is 13.5. The summed E-state index contributed by atoms with van der Waals surface area (Å²) in [4.78, 5) is 17.7. The maximum absolute atomic E-state index is 13.5. The minimum Gasteiger partial charge on any atom is -0.490 e. The Kier molecular flexibility index (Phi) is 8.32. The highest BCUT2D eigenvalue weighted by Crippen LogP contribution is 2.41. The van der Waals surface area contributed by atoms with Gasteiger partial charge < -0.3 is 19.5 Å². The Bertz CT molecular complexity index is 1230. The summed E-state index contributed by atoms with van der Waals surface area (Å²) in [6.45, 7) is 4.79. The zero-order chi connectivity index (χ0) is 27.8. The number of pyridine rings is 1. The third-order valence-corrected chi connectivity index (χ3v) is 7.78. The fourth-order valence-electron chi connectivity index (χ4n) is 4.87. The summed E-state index contributed by atoms with van der Waals surface area (Å²) in [5.74, 6) is -1.15. The molecule has 1 saturated heterocycles. The Morgan fingerprint density at radius 1 is 1.26 bits per heavy atom. The molecule has 0 aliphatic carbocycles. The molecule has 0 amide bonds. The van der Waals surface area contributed by atoms with Crippen molar-refractivity contribution in [2.75, 3.05) is 30.1 Å². The monoisotopic (exact) mass is 618 g/mol. The Morgan fingerprint density at radius 2 is 2.00 bits per heavy atom. The lowest BCUT2D eigenvalue weighted by Crippen LogP contribution is -2.44. The van der Waals surface area contributed by atoms with E-state index in [0.717, 1.165) is 10.7 Å². The van der Waals surface area contributed by atoms with E-state index in [1.165, 1.54) is 6.92 Å². The van der Waals surface area contributed by atoms with Crippen LogP contribution in [0.5, 0.6) is 11.6 Å². The molecule has 8 nitrogen and oxygen atoms in total. The van der Waals surface area contributed by atoms with Crippen LogP contribution >= 0.6 is 27.5 Å². The average Bonchev–Trinajstić information content (AvgIpc) is 3.16. The molecule has 0 bridgehead atoms. The van der Waals surface area contributed by atoms with Gasteiger partial charge in [0.1, 0.15) is 17.6 Å². The highest BCUT2D eigenvalue weighted by Gasteiger charge is 2.49. The van der Waals surface area contributed by atoms with E-state index in [-0.39, 0.29) is 12.0 Å². The van der Waals surface area contributed by atoms with Gasteiger partial charge in [0.2, 0.25) is 5.88 Å². The van der Waals surface area contributed by atoms with Crippen molar-refractivity contribution < 1.29 is 32.5 Å². The van der Waals surface area contributed by atoms with Crippen LogP contribution in [0, 0.1) is 11.8 Å². The molecule has 4 rings (SSSR count). The van der Waals surface area contributed by atoms with Crippen LogP contribution in [0.2, 0.25) is 5.02 Å². The lowest BCUT2D eigenvalue weighted by atomic mass is 9.94. The van der Waals surface area contributed by atoms with Gasteiger partial charge in [-0.1, -0.05) is 25.4 Å². The Morgan fingerprint density at radius 3 is 2.61 bits per heavy atom. The molecule has 2 aliphatic heterocycles. The van der Waals surface area contributed by atoms with Crippen LogP contribution in [0.4, 0.5) is 24.5 Å². The van der Waals surface area contributed by atoms with Gasteiger partial charge in [0.05, 0.1) is 42.2 Å². The fraction of sp³-hybridized carbons (Fsp3) is 0.480. The number of carboxylic acids is 1. The number of ether oxygens (including phenoxy) is 2. The predicted octanol–water partition coefficient (Wildman–Crippen LogP) is 6.02. The van der Waals surface area contributed by atoms with Gasteiger partial charge in [0.15, 0.2) is 0 Å². The number of benzene rings is 1. The van der Waals surface area contributed by atoms with E-state index in [4.69, 9.17) is 21.1 Å². The highest BCUT2D eigenvalue weighted by atomic mass is 79.9. The lowest BCUT2D eigenvalue weighted by Gasteiger charge is -2.38. The van der Waals surface area contributed by atoms with E-state index in [0.29, 0.717) is 46.3 Å². The number of methoxy groups -OCH3 is 1. The number of hydrogen-bond acceptors (Lipinski definition) is 7. The molecule has 13 heteroatoms. The first kappa shape index (κ1) is 28.3. The molecule has 3 heterocycles. The number of carboxylic acid groups (broad SMARTS) is 1. The molecule has 206 valence electrons. The fourth-order valence-corrected chi connectivity index (χ4v) is 5.63. The van der Waals surface area contributed by atoms with E-state index in [1.54, 1.807) is 37.6 Å². The second-order valence-electron chi connectivity index (χ2n) is 9.44. The first-order valence-corrected chi connectivity index (χ1v) is 13.1. The van der Waals surface area contributed by atoms with Crippen LogP contribution in [-0.2, 0) is 4.79 Å². The van der Waals surface area contributed by atoms with Gasteiger partial charge in [0, 0.05) is 41.9 Å². The number of alkyl halides is 3. The molecule has 4 atom stereocenters. The van der Waals surface area contributed by atoms with Crippen LogP contribution in [0.3, 0.4) is 0 Å². The van der Waals surface area contributed by atoms with E-state index in [9.17, 15) is 23.1 Å². The molecule has 1 N–H and O–H groups in total. The Balaban J connectivity index is 1.49. The molecule has 0 radical (unpaired) electrons. The van der Waals surface area contributed by atoms with E-state index in [1.807, 2.05) is 0 Å². The average molecular weight is 620 g/mol. The Labute approximate surface area is 231 Å². The number of rotatable bonds is 7.